The zero-order valence-corrected chi connectivity index (χ0v) is 14.6. The molecule has 0 spiro atoms. The Labute approximate surface area is 148 Å². The summed E-state index contributed by atoms with van der Waals surface area (Å²) in [5.41, 5.74) is 5.35. The molecule has 1 aromatic heterocycles. The van der Waals surface area contributed by atoms with Gasteiger partial charge in [0.1, 0.15) is 0 Å². The van der Waals surface area contributed by atoms with Gasteiger partial charge >= 0.3 is 6.92 Å². The van der Waals surface area contributed by atoms with Crippen LogP contribution in [-0.4, -0.2) is 11.9 Å². The zero-order valence-electron chi connectivity index (χ0n) is 13.9. The van der Waals surface area contributed by atoms with Gasteiger partial charge in [0.05, 0.1) is 12.3 Å². The van der Waals surface area contributed by atoms with Crippen LogP contribution in [0.15, 0.2) is 66.9 Å². The van der Waals surface area contributed by atoms with Crippen LogP contribution in [0.1, 0.15) is 16.8 Å². The van der Waals surface area contributed by atoms with Crippen LogP contribution >= 0.6 is 11.6 Å². The minimum Gasteiger partial charge on any atom is -0.421 e. The first-order chi connectivity index (χ1) is 11.6. The number of halogens is 1. The molecule has 1 heterocycles. The molecular weight excluding hydrogens is 316 g/mol. The number of rotatable bonds is 5. The molecule has 4 heteroatoms. The van der Waals surface area contributed by atoms with E-state index in [1.54, 1.807) is 6.20 Å². The van der Waals surface area contributed by atoms with E-state index in [-0.39, 0.29) is 6.92 Å². The average molecular weight is 336 g/mol. The molecule has 0 saturated heterocycles. The van der Waals surface area contributed by atoms with E-state index in [0.29, 0.717) is 6.61 Å². The van der Waals surface area contributed by atoms with E-state index in [2.05, 4.69) is 42.2 Å². The molecule has 0 saturated carbocycles. The van der Waals surface area contributed by atoms with Gasteiger partial charge in [0.2, 0.25) is 0 Å². The first kappa shape index (κ1) is 16.8. The van der Waals surface area contributed by atoms with E-state index in [1.165, 1.54) is 5.56 Å². The SMILES string of the molecule is Cc1ccc(B(OCc2ccccn2)c2ccc(C)c(Cl)c2)cc1. The lowest BCUT2D eigenvalue weighted by molar-refractivity contribution is 0.316. The lowest BCUT2D eigenvalue weighted by Gasteiger charge is -2.16. The fraction of sp³-hybridized carbons (Fsp3) is 0.150. The van der Waals surface area contributed by atoms with Crippen molar-refractivity contribution in [3.63, 3.8) is 0 Å². The first-order valence-electron chi connectivity index (χ1n) is 7.97. The van der Waals surface area contributed by atoms with Crippen molar-refractivity contribution in [3.8, 4) is 0 Å². The lowest BCUT2D eigenvalue weighted by atomic mass is 9.55. The summed E-state index contributed by atoms with van der Waals surface area (Å²) in [5.74, 6) is 0. The second kappa shape index (κ2) is 7.65. The molecule has 0 amide bonds. The van der Waals surface area contributed by atoms with Gasteiger partial charge in [-0.2, -0.15) is 0 Å². The predicted octanol–water partition coefficient (Wildman–Crippen LogP) is 3.67. The highest BCUT2D eigenvalue weighted by atomic mass is 35.5. The summed E-state index contributed by atoms with van der Waals surface area (Å²) in [6.45, 7) is 4.36. The normalized spacial score (nSPS) is 10.6. The third kappa shape index (κ3) is 4.05. The molecule has 0 N–H and O–H groups in total. The van der Waals surface area contributed by atoms with Crippen molar-refractivity contribution in [1.29, 1.82) is 0 Å². The van der Waals surface area contributed by atoms with Crippen LogP contribution in [-0.2, 0) is 11.3 Å². The molecule has 24 heavy (non-hydrogen) atoms. The third-order valence-corrected chi connectivity index (χ3v) is 4.41. The van der Waals surface area contributed by atoms with E-state index in [0.717, 1.165) is 27.2 Å². The highest BCUT2D eigenvalue weighted by molar-refractivity contribution is 6.80. The molecule has 0 radical (unpaired) electrons. The third-order valence-electron chi connectivity index (χ3n) is 4.00. The lowest BCUT2D eigenvalue weighted by Crippen LogP contribution is -2.45. The number of aromatic nitrogens is 1. The van der Waals surface area contributed by atoms with Gasteiger partial charge in [0.15, 0.2) is 0 Å². The average Bonchev–Trinajstić information content (AvgIpc) is 2.60. The molecule has 0 fully saturated rings. The topological polar surface area (TPSA) is 22.1 Å². The summed E-state index contributed by atoms with van der Waals surface area (Å²) in [6.07, 6.45) is 1.78. The molecular formula is C20H19BClNO. The second-order valence-electron chi connectivity index (χ2n) is 5.93. The molecule has 3 aromatic rings. The van der Waals surface area contributed by atoms with Gasteiger partial charge in [-0.05, 0) is 48.5 Å². The number of pyridine rings is 1. The zero-order chi connectivity index (χ0) is 16.9. The van der Waals surface area contributed by atoms with E-state index >= 15 is 0 Å². The van der Waals surface area contributed by atoms with Gasteiger partial charge in [0.25, 0.3) is 0 Å². The maximum Gasteiger partial charge on any atom is 0.361 e. The molecule has 3 rings (SSSR count). The summed E-state index contributed by atoms with van der Waals surface area (Å²) in [7, 11) is 0. The smallest absolute Gasteiger partial charge is 0.361 e. The van der Waals surface area contributed by atoms with Crippen molar-refractivity contribution in [2.45, 2.75) is 20.5 Å². The van der Waals surface area contributed by atoms with Crippen LogP contribution in [0.4, 0.5) is 0 Å². The van der Waals surface area contributed by atoms with Crippen molar-refractivity contribution in [3.05, 3.63) is 88.7 Å². The number of nitrogens with zero attached hydrogens (tertiary/aromatic N) is 1. The molecule has 0 aliphatic heterocycles. The van der Waals surface area contributed by atoms with Crippen molar-refractivity contribution in [2.24, 2.45) is 0 Å². The largest absolute Gasteiger partial charge is 0.421 e. The highest BCUT2D eigenvalue weighted by Gasteiger charge is 2.22. The fourth-order valence-electron chi connectivity index (χ4n) is 2.55. The van der Waals surface area contributed by atoms with Crippen LogP contribution < -0.4 is 10.9 Å². The quantitative estimate of drug-likeness (QED) is 0.664. The second-order valence-corrected chi connectivity index (χ2v) is 6.34. The van der Waals surface area contributed by atoms with Gasteiger partial charge in [-0.15, -0.1) is 0 Å². The van der Waals surface area contributed by atoms with Crippen LogP contribution in [0.3, 0.4) is 0 Å². The molecule has 0 aliphatic carbocycles. The monoisotopic (exact) mass is 335 g/mol. The van der Waals surface area contributed by atoms with Crippen molar-refractivity contribution in [2.75, 3.05) is 0 Å². The number of hydrogen-bond acceptors (Lipinski definition) is 2. The molecule has 2 nitrogen and oxygen atoms in total. The van der Waals surface area contributed by atoms with Gasteiger partial charge in [0, 0.05) is 11.2 Å². The number of benzene rings is 2. The van der Waals surface area contributed by atoms with Crippen LogP contribution in [0.25, 0.3) is 0 Å². The molecule has 0 bridgehead atoms. The molecule has 0 unspecified atom stereocenters. The highest BCUT2D eigenvalue weighted by Crippen LogP contribution is 2.13. The van der Waals surface area contributed by atoms with Crippen molar-refractivity contribution >= 4 is 29.4 Å². The molecule has 120 valence electrons. The summed E-state index contributed by atoms with van der Waals surface area (Å²) in [6, 6.07) is 20.3. The van der Waals surface area contributed by atoms with Gasteiger partial charge in [-0.3, -0.25) is 4.98 Å². The predicted molar refractivity (Wildman–Crippen MR) is 101 cm³/mol. The van der Waals surface area contributed by atoms with E-state index < -0.39 is 0 Å². The summed E-state index contributed by atoms with van der Waals surface area (Å²) in [5, 5.41) is 0.756. The minimum atomic E-state index is -0.175. The maximum absolute atomic E-state index is 6.32. The summed E-state index contributed by atoms with van der Waals surface area (Å²) < 4.78 is 6.21. The van der Waals surface area contributed by atoms with E-state index in [4.69, 9.17) is 16.3 Å². The molecule has 0 atom stereocenters. The summed E-state index contributed by atoms with van der Waals surface area (Å²) >= 11 is 6.32. The maximum atomic E-state index is 6.32. The van der Waals surface area contributed by atoms with E-state index in [9.17, 15) is 0 Å². The number of aryl methyl sites for hydroxylation is 2. The minimum absolute atomic E-state index is 0.175. The first-order valence-corrected chi connectivity index (χ1v) is 8.35. The van der Waals surface area contributed by atoms with Crippen LogP contribution in [0.5, 0.6) is 0 Å². The Morgan fingerprint density at radius 1 is 0.958 bits per heavy atom. The summed E-state index contributed by atoms with van der Waals surface area (Å²) in [4.78, 5) is 4.33. The van der Waals surface area contributed by atoms with Crippen molar-refractivity contribution in [1.82, 2.24) is 4.98 Å². The Balaban J connectivity index is 1.90. The van der Waals surface area contributed by atoms with E-state index in [1.807, 2.05) is 37.3 Å². The molecule has 2 aromatic carbocycles. The Bertz CT molecular complexity index is 806. The standard InChI is InChI=1S/C20H19BClNO/c1-15-6-9-17(10-7-15)21(18-11-8-16(2)20(22)13-18)24-14-19-5-3-4-12-23-19/h3-13H,14H2,1-2H3. The van der Waals surface area contributed by atoms with Crippen molar-refractivity contribution < 1.29 is 4.65 Å². The Kier molecular flexibility index (Phi) is 5.34. The van der Waals surface area contributed by atoms with Gasteiger partial charge < -0.3 is 4.65 Å². The molecule has 0 aliphatic rings. The Hall–Kier alpha value is -2.10. The van der Waals surface area contributed by atoms with Gasteiger partial charge in [-0.1, -0.05) is 59.6 Å². The Morgan fingerprint density at radius 2 is 1.71 bits per heavy atom. The van der Waals surface area contributed by atoms with Crippen LogP contribution in [0, 0.1) is 13.8 Å². The Morgan fingerprint density at radius 3 is 2.38 bits per heavy atom. The number of hydrogen-bond donors (Lipinski definition) is 0. The van der Waals surface area contributed by atoms with Crippen LogP contribution in [0.2, 0.25) is 5.02 Å². The van der Waals surface area contributed by atoms with Gasteiger partial charge in [-0.25, -0.2) is 0 Å². The fourth-order valence-corrected chi connectivity index (χ4v) is 2.74.